The van der Waals surface area contributed by atoms with Gasteiger partial charge in [0.15, 0.2) is 0 Å². The number of rotatable bonds is 4. The summed E-state index contributed by atoms with van der Waals surface area (Å²) in [5.74, 6) is 0. The molecule has 0 fully saturated rings. The zero-order valence-corrected chi connectivity index (χ0v) is 18.8. The quantitative estimate of drug-likeness (QED) is 0.266. The molecule has 0 saturated carbocycles. The second-order valence-corrected chi connectivity index (χ2v) is 9.33. The fourth-order valence-corrected chi connectivity index (χ4v) is 4.77. The number of halogens is 1. The molecule has 1 atom stereocenters. The van der Waals surface area contributed by atoms with Crippen molar-refractivity contribution in [2.45, 2.75) is 10.7 Å². The summed E-state index contributed by atoms with van der Waals surface area (Å²) in [5, 5.41) is 0. The lowest BCUT2D eigenvalue weighted by Gasteiger charge is -2.27. The Morgan fingerprint density at radius 1 is 0.581 bits per heavy atom. The maximum Gasteiger partial charge on any atom is 0.0723 e. The monoisotopic (exact) mass is 462 g/mol. The second kappa shape index (κ2) is 8.53. The number of hydrogen-bond donors (Lipinski definition) is 0. The molecule has 4 aromatic carbocycles. The first-order valence-electron chi connectivity index (χ1n) is 10.6. The summed E-state index contributed by atoms with van der Waals surface area (Å²) in [6.07, 6.45) is 7.83. The molecule has 4 aromatic rings. The number of benzene rings is 4. The van der Waals surface area contributed by atoms with Crippen molar-refractivity contribution in [3.63, 3.8) is 0 Å². The Bertz CT molecular complexity index is 1240. The summed E-state index contributed by atoms with van der Waals surface area (Å²) in [6, 6.07) is 38.7. The molecule has 1 unspecified atom stereocenters. The molecule has 0 saturated heterocycles. The van der Waals surface area contributed by atoms with E-state index in [1.807, 2.05) is 0 Å². The van der Waals surface area contributed by atoms with Gasteiger partial charge in [0.1, 0.15) is 0 Å². The molecule has 1 aliphatic carbocycles. The van der Waals surface area contributed by atoms with E-state index in [1.165, 1.54) is 39.0 Å². The van der Waals surface area contributed by atoms with Crippen molar-refractivity contribution in [1.82, 2.24) is 0 Å². The summed E-state index contributed by atoms with van der Waals surface area (Å²) in [4.78, 5) is 0. The van der Waals surface area contributed by atoms with Crippen molar-refractivity contribution < 1.29 is 0 Å². The maximum atomic E-state index is 3.99. The standard InChI is InChI=1S/C30H23Br/c31-30(27-14-8-3-9-15-27)20-18-25(19-21-30)29-22-26(23-10-4-1-5-11-23)16-17-28(29)24-12-6-2-7-13-24/h1-20,22H,21H2. The number of allylic oxidation sites excluding steroid dienone is 4. The topological polar surface area (TPSA) is 0 Å². The molecule has 1 heteroatoms. The van der Waals surface area contributed by atoms with Crippen LogP contribution < -0.4 is 0 Å². The van der Waals surface area contributed by atoms with Gasteiger partial charge in [0.2, 0.25) is 0 Å². The van der Waals surface area contributed by atoms with Crippen LogP contribution >= 0.6 is 15.9 Å². The molecule has 0 nitrogen and oxygen atoms in total. The van der Waals surface area contributed by atoms with Crippen molar-refractivity contribution in [2.75, 3.05) is 0 Å². The summed E-state index contributed by atoms with van der Waals surface area (Å²) in [5.41, 5.74) is 8.80. The average molecular weight is 463 g/mol. The summed E-state index contributed by atoms with van der Waals surface area (Å²) in [7, 11) is 0. The second-order valence-electron chi connectivity index (χ2n) is 7.92. The number of alkyl halides is 1. The molecule has 0 N–H and O–H groups in total. The Labute approximate surface area is 192 Å². The van der Waals surface area contributed by atoms with Crippen LogP contribution in [0.3, 0.4) is 0 Å². The minimum atomic E-state index is -0.151. The van der Waals surface area contributed by atoms with E-state index in [9.17, 15) is 0 Å². The highest BCUT2D eigenvalue weighted by Gasteiger charge is 2.27. The molecule has 0 aromatic heterocycles. The van der Waals surface area contributed by atoms with Gasteiger partial charge in [-0.3, -0.25) is 0 Å². The van der Waals surface area contributed by atoms with Crippen molar-refractivity contribution >= 4 is 21.5 Å². The van der Waals surface area contributed by atoms with Crippen LogP contribution in [0.1, 0.15) is 17.5 Å². The van der Waals surface area contributed by atoms with Gasteiger partial charge in [0.05, 0.1) is 4.32 Å². The normalized spacial score (nSPS) is 17.9. The van der Waals surface area contributed by atoms with Crippen LogP contribution in [0.15, 0.2) is 127 Å². The van der Waals surface area contributed by atoms with E-state index in [-0.39, 0.29) is 4.32 Å². The van der Waals surface area contributed by atoms with Crippen LogP contribution in [0.5, 0.6) is 0 Å². The molecule has 5 rings (SSSR count). The zero-order valence-electron chi connectivity index (χ0n) is 17.2. The lowest BCUT2D eigenvalue weighted by atomic mass is 9.85. The predicted octanol–water partition coefficient (Wildman–Crippen LogP) is 8.65. The van der Waals surface area contributed by atoms with E-state index in [4.69, 9.17) is 0 Å². The van der Waals surface area contributed by atoms with Gasteiger partial charge in [-0.05, 0) is 51.4 Å². The SMILES string of the molecule is BrC1(c2ccccc2)C=CC(c2cc(-c3ccccc3)ccc2-c2ccccc2)=CC1. The van der Waals surface area contributed by atoms with Crippen LogP contribution in [0.2, 0.25) is 0 Å². The third-order valence-electron chi connectivity index (χ3n) is 5.92. The third-order valence-corrected chi connectivity index (χ3v) is 6.97. The lowest BCUT2D eigenvalue weighted by molar-refractivity contribution is 0.800. The Hall–Kier alpha value is -3.16. The Morgan fingerprint density at radius 2 is 1.19 bits per heavy atom. The largest absolute Gasteiger partial charge is 0.0752 e. The summed E-state index contributed by atoms with van der Waals surface area (Å²) in [6.45, 7) is 0. The summed E-state index contributed by atoms with van der Waals surface area (Å²) >= 11 is 3.99. The van der Waals surface area contributed by atoms with E-state index < -0.39 is 0 Å². The maximum absolute atomic E-state index is 3.99. The Balaban J connectivity index is 1.58. The molecule has 1 aliphatic rings. The molecule has 0 radical (unpaired) electrons. The smallest absolute Gasteiger partial charge is 0.0723 e. The molecule has 0 amide bonds. The van der Waals surface area contributed by atoms with Crippen LogP contribution in [0.4, 0.5) is 0 Å². The third kappa shape index (κ3) is 4.06. The van der Waals surface area contributed by atoms with Crippen LogP contribution in [-0.2, 0) is 4.32 Å². The van der Waals surface area contributed by atoms with Gasteiger partial charge in [0, 0.05) is 0 Å². The number of hydrogen-bond acceptors (Lipinski definition) is 0. The van der Waals surface area contributed by atoms with Gasteiger partial charge in [0.25, 0.3) is 0 Å². The summed E-state index contributed by atoms with van der Waals surface area (Å²) < 4.78 is -0.151. The molecule has 0 spiro atoms. The molecular formula is C30H23Br. The highest BCUT2D eigenvalue weighted by atomic mass is 79.9. The van der Waals surface area contributed by atoms with Gasteiger partial charge >= 0.3 is 0 Å². The van der Waals surface area contributed by atoms with Crippen molar-refractivity contribution in [2.24, 2.45) is 0 Å². The fourth-order valence-electron chi connectivity index (χ4n) is 4.21. The molecule has 150 valence electrons. The van der Waals surface area contributed by atoms with E-state index in [0.717, 1.165) is 6.42 Å². The molecule has 0 bridgehead atoms. The van der Waals surface area contributed by atoms with E-state index >= 15 is 0 Å². The van der Waals surface area contributed by atoms with Crippen molar-refractivity contribution in [1.29, 1.82) is 0 Å². The first kappa shape index (κ1) is 19.8. The van der Waals surface area contributed by atoms with Gasteiger partial charge in [-0.1, -0.05) is 137 Å². The van der Waals surface area contributed by atoms with E-state index in [2.05, 4.69) is 143 Å². The van der Waals surface area contributed by atoms with Crippen LogP contribution in [-0.4, -0.2) is 0 Å². The van der Waals surface area contributed by atoms with Crippen molar-refractivity contribution in [3.8, 4) is 22.3 Å². The van der Waals surface area contributed by atoms with Crippen LogP contribution in [0, 0.1) is 0 Å². The van der Waals surface area contributed by atoms with Gasteiger partial charge in [-0.25, -0.2) is 0 Å². The zero-order chi connectivity index (χ0) is 21.1. The van der Waals surface area contributed by atoms with Crippen molar-refractivity contribution in [3.05, 3.63) is 139 Å². The Morgan fingerprint density at radius 3 is 1.81 bits per heavy atom. The van der Waals surface area contributed by atoms with E-state index in [1.54, 1.807) is 0 Å². The lowest BCUT2D eigenvalue weighted by Crippen LogP contribution is -2.16. The highest BCUT2D eigenvalue weighted by Crippen LogP contribution is 2.43. The van der Waals surface area contributed by atoms with Crippen LogP contribution in [0.25, 0.3) is 27.8 Å². The molecular weight excluding hydrogens is 440 g/mol. The first-order valence-corrected chi connectivity index (χ1v) is 11.4. The predicted molar refractivity (Wildman–Crippen MR) is 136 cm³/mol. The molecule has 0 aliphatic heterocycles. The van der Waals surface area contributed by atoms with Gasteiger partial charge in [-0.2, -0.15) is 0 Å². The van der Waals surface area contributed by atoms with E-state index in [0.29, 0.717) is 0 Å². The minimum Gasteiger partial charge on any atom is -0.0752 e. The minimum absolute atomic E-state index is 0.151. The fraction of sp³-hybridized carbons (Fsp3) is 0.0667. The van der Waals surface area contributed by atoms with Gasteiger partial charge in [-0.15, -0.1) is 0 Å². The van der Waals surface area contributed by atoms with Gasteiger partial charge < -0.3 is 0 Å². The molecule has 0 heterocycles. The first-order chi connectivity index (χ1) is 15.2. The Kier molecular flexibility index (Phi) is 5.44. The molecule has 31 heavy (non-hydrogen) atoms. The average Bonchev–Trinajstić information content (AvgIpc) is 2.86. The highest BCUT2D eigenvalue weighted by molar-refractivity contribution is 9.09.